The van der Waals surface area contributed by atoms with Crippen molar-refractivity contribution in [1.82, 2.24) is 0 Å². The van der Waals surface area contributed by atoms with Crippen LogP contribution in [0.3, 0.4) is 0 Å². The van der Waals surface area contributed by atoms with Gasteiger partial charge in [0.1, 0.15) is 18.3 Å². The second-order valence-electron chi connectivity index (χ2n) is 4.51. The van der Waals surface area contributed by atoms with E-state index in [-0.39, 0.29) is 0 Å². The molecule has 19 heavy (non-hydrogen) atoms. The first kappa shape index (κ1) is 16.7. The quantitative estimate of drug-likeness (QED) is 0.352. The van der Waals surface area contributed by atoms with E-state index in [1.54, 1.807) is 0 Å². The predicted molar refractivity (Wildman–Crippen MR) is 60.5 cm³/mol. The van der Waals surface area contributed by atoms with Crippen LogP contribution >= 0.6 is 0 Å². The molecule has 1 aliphatic rings. The van der Waals surface area contributed by atoms with Crippen LogP contribution in [0.5, 0.6) is 0 Å². The van der Waals surface area contributed by atoms with Gasteiger partial charge in [0.15, 0.2) is 6.10 Å². The van der Waals surface area contributed by atoms with Crippen molar-refractivity contribution in [3.8, 4) is 0 Å². The first-order valence-corrected chi connectivity index (χ1v) is 6.98. The summed E-state index contributed by atoms with van der Waals surface area (Å²) in [5.41, 5.74) is 0. The molecular weight excluding hydrogens is 284 g/mol. The summed E-state index contributed by atoms with van der Waals surface area (Å²) in [6.07, 6.45) is -8.29. The van der Waals surface area contributed by atoms with Gasteiger partial charge >= 0.3 is 15.2 Å². The van der Waals surface area contributed by atoms with E-state index in [9.17, 15) is 28.3 Å². The Kier molecular flexibility index (Phi) is 4.91. The van der Waals surface area contributed by atoms with Crippen LogP contribution in [0.2, 0.25) is 0 Å². The molecule has 0 amide bonds. The van der Waals surface area contributed by atoms with E-state index in [2.05, 4.69) is 0 Å². The van der Waals surface area contributed by atoms with Crippen LogP contribution in [0.1, 0.15) is 13.8 Å². The van der Waals surface area contributed by atoms with Gasteiger partial charge in [0, 0.05) is 0 Å². The van der Waals surface area contributed by atoms with Gasteiger partial charge in [-0.05, 0) is 13.8 Å². The Morgan fingerprint density at radius 2 is 1.79 bits per heavy atom. The van der Waals surface area contributed by atoms with Gasteiger partial charge < -0.3 is 29.9 Å². The van der Waals surface area contributed by atoms with Crippen molar-refractivity contribution in [2.24, 2.45) is 0 Å². The molecule has 0 aliphatic carbocycles. The second-order valence-corrected chi connectivity index (χ2v) is 6.03. The predicted octanol–water partition coefficient (Wildman–Crippen LogP) is -2.57. The zero-order valence-electron chi connectivity index (χ0n) is 10.4. The molecule has 0 saturated carbocycles. The third kappa shape index (κ3) is 2.90. The molecule has 0 aromatic rings. The number of hydrogen-bond acceptors (Lipinski definition) is 8. The van der Waals surface area contributed by atoms with Crippen LogP contribution in [-0.4, -0.2) is 75.6 Å². The Balaban J connectivity index is 3.28. The molecule has 0 bridgehead atoms. The maximum Gasteiger partial charge on any atom is 0.330 e. The standard InChI is InChI=1S/C9H18O9S/c1-4(2)17-9(19(14,15)16)8(13)7(12)6(11)5(3-10)18-9/h4-8,10-13H,3H2,1-2H3,(H,14,15,16)/t5-,6+,7+,8-,9+/m1/s1. The molecule has 1 saturated heterocycles. The SMILES string of the molecule is CC(C)O[C@]1(S(=O)(=O)O)O[C@H](CO)[C@H](O)[C@H](O)[C@H]1O. The van der Waals surface area contributed by atoms with Crippen molar-refractivity contribution < 1.29 is 42.9 Å². The third-order valence-corrected chi connectivity index (χ3v) is 3.82. The zero-order valence-corrected chi connectivity index (χ0v) is 11.2. The van der Waals surface area contributed by atoms with Crippen molar-refractivity contribution in [2.75, 3.05) is 6.61 Å². The first-order valence-electron chi connectivity index (χ1n) is 5.54. The lowest BCUT2D eigenvalue weighted by molar-refractivity contribution is -0.333. The largest absolute Gasteiger partial charge is 0.394 e. The van der Waals surface area contributed by atoms with E-state index in [1.807, 2.05) is 0 Å². The minimum Gasteiger partial charge on any atom is -0.394 e. The highest BCUT2D eigenvalue weighted by molar-refractivity contribution is 7.87. The number of hydrogen-bond donors (Lipinski definition) is 5. The normalized spacial score (nSPS) is 40.6. The van der Waals surface area contributed by atoms with Gasteiger partial charge in [-0.1, -0.05) is 0 Å². The molecule has 5 N–H and O–H groups in total. The van der Waals surface area contributed by atoms with Crippen molar-refractivity contribution in [2.45, 2.75) is 49.5 Å². The summed E-state index contributed by atoms with van der Waals surface area (Å²) in [7, 11) is -5.11. The van der Waals surface area contributed by atoms with Crippen molar-refractivity contribution in [3.63, 3.8) is 0 Å². The molecule has 10 heteroatoms. The number of rotatable bonds is 4. The van der Waals surface area contributed by atoms with Crippen LogP contribution in [-0.2, 0) is 19.6 Å². The summed E-state index contributed by atoms with van der Waals surface area (Å²) in [4.78, 5) is 0. The lowest BCUT2D eigenvalue weighted by Crippen LogP contribution is -2.69. The Bertz CT molecular complexity index is 406. The van der Waals surface area contributed by atoms with Crippen molar-refractivity contribution in [3.05, 3.63) is 0 Å². The van der Waals surface area contributed by atoms with Crippen molar-refractivity contribution >= 4 is 10.1 Å². The Hall–Kier alpha value is -0.330. The molecule has 1 rings (SSSR count). The van der Waals surface area contributed by atoms with Gasteiger partial charge in [0.05, 0.1) is 12.7 Å². The van der Waals surface area contributed by atoms with E-state index in [0.717, 1.165) is 0 Å². The Morgan fingerprint density at radius 1 is 1.26 bits per heavy atom. The Morgan fingerprint density at radius 3 is 2.16 bits per heavy atom. The van der Waals surface area contributed by atoms with Crippen LogP contribution in [0.15, 0.2) is 0 Å². The highest BCUT2D eigenvalue weighted by Gasteiger charge is 2.62. The van der Waals surface area contributed by atoms with E-state index in [1.165, 1.54) is 13.8 Å². The zero-order chi connectivity index (χ0) is 15.0. The summed E-state index contributed by atoms with van der Waals surface area (Å²) < 4.78 is 41.8. The molecule has 1 fully saturated rings. The summed E-state index contributed by atoms with van der Waals surface area (Å²) in [6, 6.07) is 0. The van der Waals surface area contributed by atoms with E-state index in [0.29, 0.717) is 0 Å². The maximum absolute atomic E-state index is 11.4. The fourth-order valence-corrected chi connectivity index (χ4v) is 2.82. The summed E-state index contributed by atoms with van der Waals surface area (Å²) in [5, 5.41) is 34.9. The lowest BCUT2D eigenvalue weighted by Gasteiger charge is -2.46. The third-order valence-electron chi connectivity index (χ3n) is 2.67. The minimum atomic E-state index is -5.11. The Labute approximate surface area is 110 Å². The van der Waals surface area contributed by atoms with Gasteiger partial charge in [-0.25, -0.2) is 0 Å². The average Bonchev–Trinajstić information content (AvgIpc) is 2.28. The van der Waals surface area contributed by atoms with Crippen LogP contribution in [0.4, 0.5) is 0 Å². The van der Waals surface area contributed by atoms with Gasteiger partial charge in [-0.15, -0.1) is 0 Å². The van der Waals surface area contributed by atoms with E-state index in [4.69, 9.17) is 14.6 Å². The molecule has 114 valence electrons. The summed E-state index contributed by atoms with van der Waals surface area (Å²) >= 11 is 0. The first-order chi connectivity index (χ1) is 8.56. The maximum atomic E-state index is 11.4. The van der Waals surface area contributed by atoms with Crippen LogP contribution in [0, 0.1) is 0 Å². The van der Waals surface area contributed by atoms with Gasteiger partial charge in [0.2, 0.25) is 0 Å². The second kappa shape index (κ2) is 5.58. The molecule has 9 nitrogen and oxygen atoms in total. The number of aliphatic hydroxyl groups is 4. The minimum absolute atomic E-state index is 0.793. The smallest absolute Gasteiger partial charge is 0.330 e. The lowest BCUT2D eigenvalue weighted by atomic mass is 9.99. The number of ether oxygens (including phenoxy) is 2. The molecule has 0 spiro atoms. The molecule has 1 heterocycles. The molecule has 0 aromatic heterocycles. The highest BCUT2D eigenvalue weighted by atomic mass is 32.2. The fraction of sp³-hybridized carbons (Fsp3) is 1.00. The van der Waals surface area contributed by atoms with Gasteiger partial charge in [-0.2, -0.15) is 8.42 Å². The summed E-state index contributed by atoms with van der Waals surface area (Å²) in [5.74, 6) is 0. The van der Waals surface area contributed by atoms with E-state index < -0.39 is 52.4 Å². The monoisotopic (exact) mass is 302 g/mol. The molecule has 1 aliphatic heterocycles. The highest BCUT2D eigenvalue weighted by Crippen LogP contribution is 2.36. The van der Waals surface area contributed by atoms with E-state index >= 15 is 0 Å². The topological polar surface area (TPSA) is 154 Å². The molecular formula is C9H18O9S. The van der Waals surface area contributed by atoms with Crippen LogP contribution < -0.4 is 0 Å². The molecule has 0 radical (unpaired) electrons. The number of aliphatic hydroxyl groups excluding tert-OH is 4. The molecule has 0 aromatic carbocycles. The van der Waals surface area contributed by atoms with Crippen molar-refractivity contribution in [1.29, 1.82) is 0 Å². The van der Waals surface area contributed by atoms with Gasteiger partial charge in [0.25, 0.3) is 0 Å². The molecule has 0 unspecified atom stereocenters. The van der Waals surface area contributed by atoms with Crippen LogP contribution in [0.25, 0.3) is 0 Å². The molecule has 5 atom stereocenters. The fourth-order valence-electron chi connectivity index (χ4n) is 1.81. The average molecular weight is 302 g/mol. The van der Waals surface area contributed by atoms with Gasteiger partial charge in [-0.3, -0.25) is 4.55 Å². The summed E-state index contributed by atoms with van der Waals surface area (Å²) in [6.45, 7) is 1.98.